The second-order valence-corrected chi connectivity index (χ2v) is 6.88. The molecule has 0 saturated heterocycles. The first-order valence-electron chi connectivity index (χ1n) is 9.76. The molecule has 0 aromatic heterocycles. The summed E-state index contributed by atoms with van der Waals surface area (Å²) in [4.78, 5) is 13.2. The average Bonchev–Trinajstić information content (AvgIpc) is 2.81. The summed E-state index contributed by atoms with van der Waals surface area (Å²) in [5.74, 6) is 0.949. The van der Waals surface area contributed by atoms with Crippen molar-refractivity contribution in [3.8, 4) is 11.5 Å². The topological polar surface area (TPSA) is 109 Å². The van der Waals surface area contributed by atoms with E-state index in [1.165, 1.54) is 0 Å². The van der Waals surface area contributed by atoms with Crippen LogP contribution in [0.4, 0.5) is 5.69 Å². The van der Waals surface area contributed by atoms with Crippen LogP contribution < -0.4 is 25.8 Å². The molecule has 32 heavy (non-hydrogen) atoms. The van der Waals surface area contributed by atoms with Gasteiger partial charge in [0.1, 0.15) is 23.4 Å². The number of amidine groups is 1. The Balaban J connectivity index is 0.00000363. The molecule has 168 valence electrons. The van der Waals surface area contributed by atoms with E-state index in [1.54, 1.807) is 56.7 Å². The van der Waals surface area contributed by atoms with E-state index >= 15 is 0 Å². The van der Waals surface area contributed by atoms with E-state index in [-0.39, 0.29) is 24.1 Å². The number of halogens is 1. The minimum absolute atomic E-state index is 0. The van der Waals surface area contributed by atoms with Gasteiger partial charge in [0.25, 0.3) is 0 Å². The van der Waals surface area contributed by atoms with Crippen LogP contribution >= 0.6 is 12.4 Å². The Labute approximate surface area is 193 Å². The molecule has 7 nitrogen and oxygen atoms in total. The first-order valence-corrected chi connectivity index (χ1v) is 9.76. The fourth-order valence-electron chi connectivity index (χ4n) is 3.14. The number of hydrogen-bond acceptors (Lipinski definition) is 5. The maximum atomic E-state index is 13.2. The predicted molar refractivity (Wildman–Crippen MR) is 129 cm³/mol. The summed E-state index contributed by atoms with van der Waals surface area (Å²) in [7, 11) is 3.13. The highest BCUT2D eigenvalue weighted by molar-refractivity contribution is 5.95. The lowest BCUT2D eigenvalue weighted by atomic mass is 10.0. The molecule has 3 aromatic rings. The maximum absolute atomic E-state index is 13.2. The van der Waals surface area contributed by atoms with E-state index in [9.17, 15) is 4.79 Å². The fourth-order valence-corrected chi connectivity index (χ4v) is 3.14. The van der Waals surface area contributed by atoms with Crippen LogP contribution in [-0.4, -0.2) is 26.0 Å². The Hall–Kier alpha value is -3.71. The Morgan fingerprint density at radius 1 is 1.00 bits per heavy atom. The smallest absolute Gasteiger partial charge is 0.247 e. The van der Waals surface area contributed by atoms with Crippen molar-refractivity contribution in [2.45, 2.75) is 12.6 Å². The lowest BCUT2D eigenvalue weighted by molar-refractivity contribution is -0.122. The number of amides is 1. The van der Waals surface area contributed by atoms with Gasteiger partial charge >= 0.3 is 0 Å². The van der Waals surface area contributed by atoms with Crippen LogP contribution in [0.1, 0.15) is 22.7 Å². The lowest BCUT2D eigenvalue weighted by Crippen LogP contribution is -2.33. The minimum Gasteiger partial charge on any atom is -0.497 e. The predicted octanol–water partition coefficient (Wildman–Crippen LogP) is 3.88. The summed E-state index contributed by atoms with van der Waals surface area (Å²) in [6.07, 6.45) is 0. The molecular formula is C24H27ClN4O3. The van der Waals surface area contributed by atoms with Crippen molar-refractivity contribution in [1.82, 2.24) is 5.32 Å². The van der Waals surface area contributed by atoms with E-state index in [0.717, 1.165) is 5.56 Å². The Morgan fingerprint density at radius 2 is 1.69 bits per heavy atom. The summed E-state index contributed by atoms with van der Waals surface area (Å²) >= 11 is 0. The molecule has 0 saturated carbocycles. The molecule has 5 N–H and O–H groups in total. The second-order valence-electron chi connectivity index (χ2n) is 6.88. The van der Waals surface area contributed by atoms with Crippen LogP contribution in [-0.2, 0) is 11.3 Å². The van der Waals surface area contributed by atoms with Crippen molar-refractivity contribution >= 4 is 29.8 Å². The third kappa shape index (κ3) is 6.15. The SMILES string of the molecule is COc1ccc(C(Nc2ccc(C(=N)N)cc2)C(=O)NCc2ccccc2)c(OC)c1.Cl. The third-order valence-electron chi connectivity index (χ3n) is 4.83. The number of nitrogens with one attached hydrogen (secondary N) is 3. The van der Waals surface area contributed by atoms with Crippen LogP contribution in [0.2, 0.25) is 0 Å². The van der Waals surface area contributed by atoms with Gasteiger partial charge in [-0.25, -0.2) is 0 Å². The molecule has 0 spiro atoms. The van der Waals surface area contributed by atoms with Crippen molar-refractivity contribution in [3.63, 3.8) is 0 Å². The van der Waals surface area contributed by atoms with Crippen molar-refractivity contribution < 1.29 is 14.3 Å². The highest BCUT2D eigenvalue weighted by Crippen LogP contribution is 2.32. The normalized spacial score (nSPS) is 10.9. The molecular weight excluding hydrogens is 428 g/mol. The van der Waals surface area contributed by atoms with Gasteiger partial charge < -0.3 is 25.8 Å². The molecule has 0 heterocycles. The quantitative estimate of drug-likeness (QED) is 0.290. The molecule has 0 radical (unpaired) electrons. The summed E-state index contributed by atoms with van der Waals surface area (Å²) in [6.45, 7) is 0.402. The van der Waals surface area contributed by atoms with E-state index in [2.05, 4.69) is 10.6 Å². The number of nitrogens with two attached hydrogens (primary N) is 1. The molecule has 0 bridgehead atoms. The summed E-state index contributed by atoms with van der Waals surface area (Å²) in [5.41, 5.74) is 8.53. The van der Waals surface area contributed by atoms with Gasteiger partial charge in [-0.3, -0.25) is 10.2 Å². The van der Waals surface area contributed by atoms with E-state index in [1.807, 2.05) is 30.3 Å². The van der Waals surface area contributed by atoms with Crippen LogP contribution in [0.15, 0.2) is 72.8 Å². The zero-order valence-corrected chi connectivity index (χ0v) is 18.7. The largest absolute Gasteiger partial charge is 0.497 e. The molecule has 0 aliphatic rings. The van der Waals surface area contributed by atoms with Crippen LogP contribution in [0.3, 0.4) is 0 Å². The van der Waals surface area contributed by atoms with Crippen molar-refractivity contribution in [3.05, 3.63) is 89.5 Å². The van der Waals surface area contributed by atoms with Crippen LogP contribution in [0.25, 0.3) is 0 Å². The zero-order valence-electron chi connectivity index (χ0n) is 17.9. The number of ether oxygens (including phenoxy) is 2. The van der Waals surface area contributed by atoms with Gasteiger partial charge in [0.2, 0.25) is 5.91 Å². The lowest BCUT2D eigenvalue weighted by Gasteiger charge is -2.22. The first-order chi connectivity index (χ1) is 15.0. The van der Waals surface area contributed by atoms with Crippen molar-refractivity contribution in [2.75, 3.05) is 19.5 Å². The number of hydrogen-bond donors (Lipinski definition) is 4. The second kappa shape index (κ2) is 11.6. The van der Waals surface area contributed by atoms with Gasteiger partial charge in [0, 0.05) is 29.4 Å². The van der Waals surface area contributed by atoms with E-state index in [0.29, 0.717) is 34.9 Å². The maximum Gasteiger partial charge on any atom is 0.247 e. The summed E-state index contributed by atoms with van der Waals surface area (Å²) in [6, 6.07) is 21.4. The number of anilines is 1. The van der Waals surface area contributed by atoms with Crippen molar-refractivity contribution in [1.29, 1.82) is 5.41 Å². The van der Waals surface area contributed by atoms with Gasteiger partial charge in [-0.2, -0.15) is 0 Å². The Bertz CT molecular complexity index is 1040. The highest BCUT2D eigenvalue weighted by Gasteiger charge is 2.24. The van der Waals surface area contributed by atoms with Crippen molar-refractivity contribution in [2.24, 2.45) is 5.73 Å². The monoisotopic (exact) mass is 454 g/mol. The molecule has 1 amide bonds. The van der Waals surface area contributed by atoms with E-state index < -0.39 is 6.04 Å². The number of rotatable bonds is 9. The molecule has 3 aromatic carbocycles. The molecule has 1 atom stereocenters. The number of benzene rings is 3. The molecule has 3 rings (SSSR count). The third-order valence-corrected chi connectivity index (χ3v) is 4.83. The number of carbonyl (C=O) groups is 1. The zero-order chi connectivity index (χ0) is 22.2. The molecule has 1 unspecified atom stereocenters. The van der Waals surface area contributed by atoms with Gasteiger partial charge in [0.05, 0.1) is 14.2 Å². The summed E-state index contributed by atoms with van der Waals surface area (Å²) < 4.78 is 10.8. The Morgan fingerprint density at radius 3 is 2.28 bits per heavy atom. The first kappa shape index (κ1) is 24.6. The molecule has 0 fully saturated rings. The van der Waals surface area contributed by atoms with Crippen LogP contribution in [0.5, 0.6) is 11.5 Å². The Kier molecular flexibility index (Phi) is 8.92. The van der Waals surface area contributed by atoms with Crippen LogP contribution in [0, 0.1) is 5.41 Å². The fraction of sp³-hybridized carbons (Fsp3) is 0.167. The van der Waals surface area contributed by atoms with Gasteiger partial charge in [-0.15, -0.1) is 12.4 Å². The molecule has 8 heteroatoms. The van der Waals surface area contributed by atoms with E-state index in [4.69, 9.17) is 20.6 Å². The summed E-state index contributed by atoms with van der Waals surface area (Å²) in [5, 5.41) is 13.8. The average molecular weight is 455 g/mol. The van der Waals surface area contributed by atoms with Gasteiger partial charge in [0.15, 0.2) is 0 Å². The molecule has 0 aliphatic carbocycles. The standard InChI is InChI=1S/C24H26N4O3.ClH/c1-30-19-12-13-20(21(14-19)31-2)22(24(29)27-15-16-6-4-3-5-7-16)28-18-10-8-17(9-11-18)23(25)26;/h3-14,22,28H,15H2,1-2H3,(H3,25,26)(H,27,29);1H. The number of methoxy groups -OCH3 is 2. The number of nitrogen functional groups attached to an aromatic ring is 1. The van der Waals surface area contributed by atoms with Gasteiger partial charge in [-0.1, -0.05) is 30.3 Å². The van der Waals surface area contributed by atoms with Gasteiger partial charge in [-0.05, 0) is 42.0 Å². The highest BCUT2D eigenvalue weighted by atomic mass is 35.5. The molecule has 0 aliphatic heterocycles. The number of carbonyl (C=O) groups excluding carboxylic acids is 1. The minimum atomic E-state index is -0.715.